The molecule has 0 bridgehead atoms. The Balaban J connectivity index is 1.93. The van der Waals surface area contributed by atoms with Gasteiger partial charge in [-0.3, -0.25) is 9.59 Å². The van der Waals surface area contributed by atoms with Crippen LogP contribution < -0.4 is 0 Å². The molecule has 0 radical (unpaired) electrons. The van der Waals surface area contributed by atoms with Crippen LogP contribution in [0.5, 0.6) is 0 Å². The molecule has 0 aromatic carbocycles. The van der Waals surface area contributed by atoms with Crippen LogP contribution in [0.25, 0.3) is 0 Å². The molecule has 2 atom stereocenters. The first kappa shape index (κ1) is 13.6. The van der Waals surface area contributed by atoms with Crippen molar-refractivity contribution in [3.63, 3.8) is 0 Å². The van der Waals surface area contributed by atoms with E-state index in [2.05, 4.69) is 0 Å². The van der Waals surface area contributed by atoms with Gasteiger partial charge in [0.15, 0.2) is 0 Å². The average molecular weight is 265 g/mol. The Bertz CT molecular complexity index is 440. The maximum Gasteiger partial charge on any atom is 0.306 e. The summed E-state index contributed by atoms with van der Waals surface area (Å²) in [5.41, 5.74) is 0. The number of amides is 1. The largest absolute Gasteiger partial charge is 0.481 e. The van der Waals surface area contributed by atoms with Crippen molar-refractivity contribution in [3.8, 4) is 0 Å². The van der Waals surface area contributed by atoms with Crippen LogP contribution in [0.3, 0.4) is 0 Å². The molecule has 1 amide bonds. The van der Waals surface area contributed by atoms with Gasteiger partial charge in [0.2, 0.25) is 5.91 Å². The standard InChI is InChI=1S/C14H19NO4/c1-15(9-12-6-3-7-19-12)13(16)10-4-2-5-11(8-10)14(17)18/h3,6-7,10-11H,2,4-5,8-9H2,1H3,(H,17,18)/t10-,11+/m0/s1. The van der Waals surface area contributed by atoms with E-state index in [0.717, 1.165) is 18.6 Å². The number of carboxylic acids is 1. The Morgan fingerprint density at radius 2 is 2.16 bits per heavy atom. The van der Waals surface area contributed by atoms with Crippen molar-refractivity contribution in [2.75, 3.05) is 7.05 Å². The minimum Gasteiger partial charge on any atom is -0.481 e. The molecular weight excluding hydrogens is 246 g/mol. The monoisotopic (exact) mass is 265 g/mol. The van der Waals surface area contributed by atoms with Crippen molar-refractivity contribution >= 4 is 11.9 Å². The van der Waals surface area contributed by atoms with Crippen LogP contribution in [0.2, 0.25) is 0 Å². The molecule has 0 unspecified atom stereocenters. The molecule has 1 fully saturated rings. The van der Waals surface area contributed by atoms with E-state index in [4.69, 9.17) is 9.52 Å². The van der Waals surface area contributed by atoms with E-state index in [0.29, 0.717) is 19.4 Å². The lowest BCUT2D eigenvalue weighted by molar-refractivity contribution is -0.145. The van der Waals surface area contributed by atoms with Gasteiger partial charge in [-0.05, 0) is 31.4 Å². The Hall–Kier alpha value is -1.78. The zero-order valence-electron chi connectivity index (χ0n) is 11.0. The highest BCUT2D eigenvalue weighted by molar-refractivity contribution is 5.80. The second-order valence-corrected chi connectivity index (χ2v) is 5.17. The van der Waals surface area contributed by atoms with Gasteiger partial charge in [0.05, 0.1) is 18.7 Å². The average Bonchev–Trinajstić information content (AvgIpc) is 2.90. The number of nitrogens with zero attached hydrogens (tertiary/aromatic N) is 1. The van der Waals surface area contributed by atoms with E-state index in [1.807, 2.05) is 6.07 Å². The molecule has 5 heteroatoms. The summed E-state index contributed by atoms with van der Waals surface area (Å²) >= 11 is 0. The van der Waals surface area contributed by atoms with Crippen molar-refractivity contribution in [2.45, 2.75) is 32.2 Å². The van der Waals surface area contributed by atoms with Crippen molar-refractivity contribution in [1.82, 2.24) is 4.90 Å². The smallest absolute Gasteiger partial charge is 0.306 e. The summed E-state index contributed by atoms with van der Waals surface area (Å²) in [6, 6.07) is 3.61. The molecule has 0 spiro atoms. The first-order valence-electron chi connectivity index (χ1n) is 6.58. The van der Waals surface area contributed by atoms with Gasteiger partial charge in [-0.1, -0.05) is 6.42 Å². The number of aliphatic carboxylic acids is 1. The van der Waals surface area contributed by atoms with Gasteiger partial charge < -0.3 is 14.4 Å². The number of carboxylic acid groups (broad SMARTS) is 1. The molecule has 0 aliphatic heterocycles. The Morgan fingerprint density at radius 1 is 1.42 bits per heavy atom. The highest BCUT2D eigenvalue weighted by Gasteiger charge is 2.32. The lowest BCUT2D eigenvalue weighted by Gasteiger charge is -2.29. The predicted octanol–water partition coefficient (Wildman–Crippen LogP) is 2.13. The molecule has 1 aromatic heterocycles. The molecule has 104 valence electrons. The summed E-state index contributed by atoms with van der Waals surface area (Å²) in [6.07, 6.45) is 4.31. The van der Waals surface area contributed by atoms with E-state index < -0.39 is 5.97 Å². The van der Waals surface area contributed by atoms with Crippen molar-refractivity contribution in [1.29, 1.82) is 0 Å². The Labute approximate surface area is 112 Å². The van der Waals surface area contributed by atoms with Gasteiger partial charge in [0.25, 0.3) is 0 Å². The summed E-state index contributed by atoms with van der Waals surface area (Å²) in [4.78, 5) is 24.9. The highest BCUT2D eigenvalue weighted by atomic mass is 16.4. The van der Waals surface area contributed by atoms with Crippen molar-refractivity contribution in [3.05, 3.63) is 24.2 Å². The van der Waals surface area contributed by atoms with Crippen LogP contribution >= 0.6 is 0 Å². The van der Waals surface area contributed by atoms with E-state index >= 15 is 0 Å². The van der Waals surface area contributed by atoms with Gasteiger partial charge in [-0.25, -0.2) is 0 Å². The SMILES string of the molecule is CN(Cc1ccco1)C(=O)[C@H]1CCC[C@@H](C(=O)O)C1. The van der Waals surface area contributed by atoms with Crippen LogP contribution in [-0.4, -0.2) is 28.9 Å². The number of carbonyl (C=O) groups excluding carboxylic acids is 1. The highest BCUT2D eigenvalue weighted by Crippen LogP contribution is 2.30. The molecule has 1 aromatic rings. The number of furan rings is 1. The van der Waals surface area contributed by atoms with Crippen molar-refractivity contribution < 1.29 is 19.1 Å². The normalized spacial score (nSPS) is 23.0. The summed E-state index contributed by atoms with van der Waals surface area (Å²) in [5, 5.41) is 9.04. The molecule has 5 nitrogen and oxygen atoms in total. The van der Waals surface area contributed by atoms with Gasteiger partial charge >= 0.3 is 5.97 Å². The van der Waals surface area contributed by atoms with Crippen LogP contribution in [0.1, 0.15) is 31.4 Å². The van der Waals surface area contributed by atoms with E-state index in [1.165, 1.54) is 0 Å². The molecule has 19 heavy (non-hydrogen) atoms. The van der Waals surface area contributed by atoms with E-state index in [9.17, 15) is 9.59 Å². The quantitative estimate of drug-likeness (QED) is 0.905. The minimum atomic E-state index is -0.786. The fraction of sp³-hybridized carbons (Fsp3) is 0.571. The van der Waals surface area contributed by atoms with Crippen LogP contribution in [0.4, 0.5) is 0 Å². The molecule has 1 saturated carbocycles. The Kier molecular flexibility index (Phi) is 4.24. The van der Waals surface area contributed by atoms with Crippen LogP contribution in [-0.2, 0) is 16.1 Å². The topological polar surface area (TPSA) is 70.8 Å². The number of carbonyl (C=O) groups is 2. The lowest BCUT2D eigenvalue weighted by atomic mass is 9.81. The number of rotatable bonds is 4. The predicted molar refractivity (Wildman–Crippen MR) is 68.3 cm³/mol. The summed E-state index contributed by atoms with van der Waals surface area (Å²) in [5.74, 6) is -0.579. The van der Waals surface area contributed by atoms with Crippen molar-refractivity contribution in [2.24, 2.45) is 11.8 Å². The third-order valence-electron chi connectivity index (χ3n) is 3.72. The molecule has 1 heterocycles. The molecule has 2 rings (SSSR count). The third-order valence-corrected chi connectivity index (χ3v) is 3.72. The maximum atomic E-state index is 12.3. The molecule has 0 saturated heterocycles. The molecule has 1 N–H and O–H groups in total. The number of hydrogen-bond donors (Lipinski definition) is 1. The molecule has 1 aliphatic rings. The molecule has 1 aliphatic carbocycles. The molecular formula is C14H19NO4. The van der Waals surface area contributed by atoms with E-state index in [1.54, 1.807) is 24.3 Å². The minimum absolute atomic E-state index is 0.0161. The first-order valence-corrected chi connectivity index (χ1v) is 6.58. The van der Waals surface area contributed by atoms with E-state index in [-0.39, 0.29) is 17.7 Å². The Morgan fingerprint density at radius 3 is 2.79 bits per heavy atom. The van der Waals surface area contributed by atoms with Gasteiger partial charge in [-0.15, -0.1) is 0 Å². The first-order chi connectivity index (χ1) is 9.08. The lowest BCUT2D eigenvalue weighted by Crippen LogP contribution is -2.36. The summed E-state index contributed by atoms with van der Waals surface area (Å²) in [6.45, 7) is 0.431. The number of hydrogen-bond acceptors (Lipinski definition) is 3. The zero-order chi connectivity index (χ0) is 13.8. The summed E-state index contributed by atoms with van der Waals surface area (Å²) < 4.78 is 5.21. The fourth-order valence-corrected chi connectivity index (χ4v) is 2.66. The second kappa shape index (κ2) is 5.91. The third kappa shape index (κ3) is 3.36. The second-order valence-electron chi connectivity index (χ2n) is 5.17. The van der Waals surface area contributed by atoms with Crippen LogP contribution in [0.15, 0.2) is 22.8 Å². The fourth-order valence-electron chi connectivity index (χ4n) is 2.66. The maximum absolute atomic E-state index is 12.3. The van der Waals surface area contributed by atoms with Gasteiger partial charge in [0, 0.05) is 13.0 Å². The zero-order valence-corrected chi connectivity index (χ0v) is 11.0. The van der Waals surface area contributed by atoms with Gasteiger partial charge in [-0.2, -0.15) is 0 Å². The van der Waals surface area contributed by atoms with Gasteiger partial charge in [0.1, 0.15) is 5.76 Å². The summed E-state index contributed by atoms with van der Waals surface area (Å²) in [7, 11) is 1.73. The van der Waals surface area contributed by atoms with Crippen LogP contribution in [0, 0.1) is 11.8 Å².